The summed E-state index contributed by atoms with van der Waals surface area (Å²) in [5.41, 5.74) is 2.93. The third-order valence-corrected chi connectivity index (χ3v) is 6.99. The summed E-state index contributed by atoms with van der Waals surface area (Å²) in [6.07, 6.45) is 7.34. The van der Waals surface area contributed by atoms with Crippen molar-refractivity contribution in [3.05, 3.63) is 72.3 Å². The fourth-order valence-corrected chi connectivity index (χ4v) is 5.22. The normalized spacial score (nSPS) is 11.2. The lowest BCUT2D eigenvalue weighted by Gasteiger charge is -2.20. The summed E-state index contributed by atoms with van der Waals surface area (Å²) in [4.78, 5) is 25.4. The molecule has 2 aromatic heterocycles. The van der Waals surface area contributed by atoms with Gasteiger partial charge in [-0.3, -0.25) is 9.69 Å². The first-order valence-corrected chi connectivity index (χ1v) is 12.4. The van der Waals surface area contributed by atoms with Crippen molar-refractivity contribution in [2.24, 2.45) is 0 Å². The first-order chi connectivity index (χ1) is 15.2. The number of nitrogens with zero attached hydrogens (tertiary/aromatic N) is 4. The van der Waals surface area contributed by atoms with Crippen molar-refractivity contribution in [2.75, 3.05) is 17.2 Å². The molecule has 0 aliphatic carbocycles. The van der Waals surface area contributed by atoms with Crippen LogP contribution in [0.4, 0.5) is 5.13 Å². The van der Waals surface area contributed by atoms with Crippen LogP contribution in [0.1, 0.15) is 36.2 Å². The molecule has 5 nitrogen and oxygen atoms in total. The number of hydrogen-bond acceptors (Lipinski definition) is 5. The van der Waals surface area contributed by atoms with Crippen LogP contribution in [0.25, 0.3) is 10.2 Å². The molecule has 2 aromatic carbocycles. The zero-order valence-electron chi connectivity index (χ0n) is 17.8. The van der Waals surface area contributed by atoms with Gasteiger partial charge in [0.15, 0.2) is 5.13 Å². The van der Waals surface area contributed by atoms with Gasteiger partial charge < -0.3 is 4.57 Å². The second-order valence-corrected chi connectivity index (χ2v) is 9.57. The van der Waals surface area contributed by atoms with E-state index >= 15 is 0 Å². The van der Waals surface area contributed by atoms with Crippen LogP contribution in [0, 0.1) is 0 Å². The Morgan fingerprint density at radius 2 is 2.10 bits per heavy atom. The Balaban J connectivity index is 1.63. The summed E-state index contributed by atoms with van der Waals surface area (Å²) < 4.78 is 3.16. The van der Waals surface area contributed by atoms with E-state index in [1.807, 2.05) is 40.2 Å². The van der Waals surface area contributed by atoms with Crippen LogP contribution in [0.3, 0.4) is 0 Å². The molecule has 4 aromatic rings. The number of carbonyl (C=O) groups excluding carboxylic acids is 1. The monoisotopic (exact) mass is 450 g/mol. The maximum Gasteiger partial charge on any atom is 0.260 e. The summed E-state index contributed by atoms with van der Waals surface area (Å²) in [7, 11) is 0. The lowest BCUT2D eigenvalue weighted by atomic mass is 10.2. The maximum absolute atomic E-state index is 13.6. The van der Waals surface area contributed by atoms with Gasteiger partial charge in [0.1, 0.15) is 0 Å². The third-order valence-electron chi connectivity index (χ3n) is 5.08. The second-order valence-electron chi connectivity index (χ2n) is 7.22. The summed E-state index contributed by atoms with van der Waals surface area (Å²) in [5, 5.41) is 0.757. The summed E-state index contributed by atoms with van der Waals surface area (Å²) >= 11 is 3.33. The van der Waals surface area contributed by atoms with Crippen LogP contribution in [0.5, 0.6) is 0 Å². The van der Waals surface area contributed by atoms with Gasteiger partial charge in [0.25, 0.3) is 5.91 Å². The molecule has 160 valence electrons. The number of anilines is 1. The molecular weight excluding hydrogens is 424 g/mol. The van der Waals surface area contributed by atoms with Gasteiger partial charge in [0.2, 0.25) is 0 Å². The zero-order chi connectivity index (χ0) is 21.6. The van der Waals surface area contributed by atoms with E-state index < -0.39 is 0 Å². The molecule has 4 rings (SSSR count). The molecule has 0 saturated heterocycles. The van der Waals surface area contributed by atoms with Crippen molar-refractivity contribution in [1.82, 2.24) is 14.5 Å². The number of thioether (sulfide) groups is 1. The summed E-state index contributed by atoms with van der Waals surface area (Å²) in [6, 6.07) is 14.3. The Kier molecular flexibility index (Phi) is 7.04. The molecule has 0 aliphatic heterocycles. The predicted molar refractivity (Wildman–Crippen MR) is 130 cm³/mol. The van der Waals surface area contributed by atoms with E-state index in [-0.39, 0.29) is 5.91 Å². The van der Waals surface area contributed by atoms with E-state index in [1.54, 1.807) is 29.3 Å². The van der Waals surface area contributed by atoms with Crippen LogP contribution in [-0.2, 0) is 13.0 Å². The highest BCUT2D eigenvalue weighted by molar-refractivity contribution is 7.99. The fourth-order valence-electron chi connectivity index (χ4n) is 3.45. The van der Waals surface area contributed by atoms with Gasteiger partial charge in [-0.2, -0.15) is 0 Å². The van der Waals surface area contributed by atoms with E-state index in [2.05, 4.69) is 43.1 Å². The van der Waals surface area contributed by atoms with E-state index in [1.165, 1.54) is 5.56 Å². The molecule has 2 heterocycles. The first-order valence-electron chi connectivity index (χ1n) is 10.6. The molecular formula is C24H26N4OS2. The van der Waals surface area contributed by atoms with Crippen LogP contribution in [0.2, 0.25) is 0 Å². The van der Waals surface area contributed by atoms with Gasteiger partial charge in [0.05, 0.1) is 16.5 Å². The third kappa shape index (κ3) is 5.17. The molecule has 0 radical (unpaired) electrons. The van der Waals surface area contributed by atoms with Gasteiger partial charge in [-0.15, -0.1) is 11.8 Å². The maximum atomic E-state index is 13.6. The molecule has 0 unspecified atom stereocenters. The van der Waals surface area contributed by atoms with Gasteiger partial charge in [-0.05, 0) is 54.5 Å². The molecule has 0 atom stereocenters. The van der Waals surface area contributed by atoms with Gasteiger partial charge in [-0.1, -0.05) is 37.3 Å². The van der Waals surface area contributed by atoms with Crippen LogP contribution in [-0.4, -0.2) is 32.7 Å². The molecule has 0 bridgehead atoms. The van der Waals surface area contributed by atoms with Gasteiger partial charge in [0, 0.05) is 35.9 Å². The van der Waals surface area contributed by atoms with Crippen molar-refractivity contribution >= 4 is 44.4 Å². The smallest absolute Gasteiger partial charge is 0.260 e. The molecule has 0 saturated carbocycles. The number of hydrogen-bond donors (Lipinski definition) is 0. The highest BCUT2D eigenvalue weighted by atomic mass is 32.2. The molecule has 0 spiro atoms. The highest BCUT2D eigenvalue weighted by Gasteiger charge is 2.21. The quantitative estimate of drug-likeness (QED) is 0.298. The fraction of sp³-hybridized carbons (Fsp3) is 0.292. The molecule has 7 heteroatoms. The Hall–Kier alpha value is -2.64. The largest absolute Gasteiger partial charge is 0.337 e. The van der Waals surface area contributed by atoms with Gasteiger partial charge >= 0.3 is 0 Å². The number of carbonyl (C=O) groups is 1. The highest BCUT2D eigenvalue weighted by Crippen LogP contribution is 2.31. The lowest BCUT2D eigenvalue weighted by Crippen LogP contribution is -2.32. The Labute approximate surface area is 191 Å². The predicted octanol–water partition coefficient (Wildman–Crippen LogP) is 5.90. The van der Waals surface area contributed by atoms with Crippen molar-refractivity contribution in [1.29, 1.82) is 0 Å². The summed E-state index contributed by atoms with van der Waals surface area (Å²) in [6.45, 7) is 5.67. The van der Waals surface area contributed by atoms with E-state index in [0.717, 1.165) is 45.4 Å². The molecule has 0 fully saturated rings. The minimum Gasteiger partial charge on any atom is -0.337 e. The minimum atomic E-state index is -0.000967. The van der Waals surface area contributed by atoms with E-state index in [0.29, 0.717) is 12.1 Å². The molecule has 0 N–H and O–H groups in total. The van der Waals surface area contributed by atoms with Crippen molar-refractivity contribution in [3.8, 4) is 0 Å². The zero-order valence-corrected chi connectivity index (χ0v) is 19.5. The number of amides is 1. The lowest BCUT2D eigenvalue weighted by molar-refractivity contribution is 0.0986. The molecule has 0 aliphatic rings. The Morgan fingerprint density at radius 3 is 2.87 bits per heavy atom. The average molecular weight is 451 g/mol. The number of benzene rings is 2. The SMILES string of the molecule is CCSc1cccc(C(=O)N(CCCn2ccnc2)c2nc3ccc(CC)cc3s2)c1. The molecule has 1 amide bonds. The first kappa shape index (κ1) is 21.6. The number of imidazole rings is 1. The Morgan fingerprint density at radius 1 is 1.19 bits per heavy atom. The van der Waals surface area contributed by atoms with Crippen molar-refractivity contribution in [3.63, 3.8) is 0 Å². The van der Waals surface area contributed by atoms with E-state index in [9.17, 15) is 4.79 Å². The summed E-state index contributed by atoms with van der Waals surface area (Å²) in [5.74, 6) is 0.975. The number of thiazole rings is 1. The van der Waals surface area contributed by atoms with E-state index in [4.69, 9.17) is 4.98 Å². The number of aromatic nitrogens is 3. The topological polar surface area (TPSA) is 51.0 Å². The van der Waals surface area contributed by atoms with Gasteiger partial charge in [-0.25, -0.2) is 9.97 Å². The van der Waals surface area contributed by atoms with Crippen LogP contribution < -0.4 is 4.90 Å². The minimum absolute atomic E-state index is 0.000967. The second kappa shape index (κ2) is 10.1. The van der Waals surface area contributed by atoms with Crippen LogP contribution >= 0.6 is 23.1 Å². The van der Waals surface area contributed by atoms with Crippen molar-refractivity contribution in [2.45, 2.75) is 38.1 Å². The number of fused-ring (bicyclic) bond motifs is 1. The van der Waals surface area contributed by atoms with Crippen LogP contribution in [0.15, 0.2) is 66.1 Å². The average Bonchev–Trinajstić information content (AvgIpc) is 3.46. The molecule has 31 heavy (non-hydrogen) atoms. The standard InChI is InChI=1S/C24H26N4OS2/c1-3-18-9-10-21-22(15-18)31-24(26-21)28(13-6-12-27-14-11-25-17-27)23(29)19-7-5-8-20(16-19)30-4-2/h5,7-11,14-17H,3-4,6,12-13H2,1-2H3. The Bertz CT molecular complexity index is 1150. The number of rotatable bonds is 9. The number of aryl methyl sites for hydroxylation is 2. The van der Waals surface area contributed by atoms with Crippen molar-refractivity contribution < 1.29 is 4.79 Å².